The Labute approximate surface area is 104 Å². The Bertz CT molecular complexity index is 580. The molecule has 2 aromatic rings. The standard InChI is InChI=1S/C13H15ClN2O/c14-12(8-3-1-2-4-8)9-5-6-10-11(7-9)16-13(17)15-10/h5-8,12H,1-4H2,(H2,15,16,17). The number of rotatable bonds is 2. The van der Waals surface area contributed by atoms with Gasteiger partial charge in [0.15, 0.2) is 0 Å². The van der Waals surface area contributed by atoms with E-state index in [9.17, 15) is 4.79 Å². The van der Waals surface area contributed by atoms with Gasteiger partial charge in [-0.2, -0.15) is 0 Å². The molecule has 90 valence electrons. The molecule has 1 heterocycles. The number of halogens is 1. The van der Waals surface area contributed by atoms with Crippen LogP contribution in [0, 0.1) is 5.92 Å². The second-order valence-corrected chi connectivity index (χ2v) is 5.30. The summed E-state index contributed by atoms with van der Waals surface area (Å²) in [5.41, 5.74) is 2.63. The van der Waals surface area contributed by atoms with E-state index in [0.29, 0.717) is 5.92 Å². The molecule has 1 atom stereocenters. The molecule has 0 aliphatic heterocycles. The Morgan fingerprint density at radius 3 is 2.65 bits per heavy atom. The molecule has 3 rings (SSSR count). The van der Waals surface area contributed by atoms with Gasteiger partial charge in [0.25, 0.3) is 0 Å². The molecule has 0 spiro atoms. The maximum atomic E-state index is 11.2. The summed E-state index contributed by atoms with van der Waals surface area (Å²) in [7, 11) is 0. The van der Waals surface area contributed by atoms with Crippen molar-refractivity contribution in [2.24, 2.45) is 5.92 Å². The fourth-order valence-electron chi connectivity index (χ4n) is 2.74. The maximum Gasteiger partial charge on any atom is 0.323 e. The lowest BCUT2D eigenvalue weighted by atomic mass is 9.97. The number of aromatic amines is 2. The van der Waals surface area contributed by atoms with E-state index in [1.54, 1.807) is 0 Å². The summed E-state index contributed by atoms with van der Waals surface area (Å²) < 4.78 is 0. The van der Waals surface area contributed by atoms with Gasteiger partial charge in [-0.3, -0.25) is 0 Å². The molecule has 1 aromatic carbocycles. The summed E-state index contributed by atoms with van der Waals surface area (Å²) in [6.07, 6.45) is 5.01. The highest BCUT2D eigenvalue weighted by molar-refractivity contribution is 6.21. The zero-order valence-electron chi connectivity index (χ0n) is 9.50. The Hall–Kier alpha value is -1.22. The molecule has 1 aromatic heterocycles. The largest absolute Gasteiger partial charge is 0.323 e. The average molecular weight is 251 g/mol. The van der Waals surface area contributed by atoms with Crippen LogP contribution in [0.4, 0.5) is 0 Å². The normalized spacial score (nSPS) is 18.9. The van der Waals surface area contributed by atoms with Crippen LogP contribution in [0.1, 0.15) is 36.6 Å². The lowest BCUT2D eigenvalue weighted by Gasteiger charge is -2.16. The summed E-state index contributed by atoms with van der Waals surface area (Å²) in [5.74, 6) is 0.583. The molecular formula is C13H15ClN2O. The number of H-pyrrole nitrogens is 2. The monoisotopic (exact) mass is 250 g/mol. The molecule has 17 heavy (non-hydrogen) atoms. The van der Waals surface area contributed by atoms with Gasteiger partial charge in [0.2, 0.25) is 0 Å². The van der Waals surface area contributed by atoms with Crippen molar-refractivity contribution >= 4 is 22.6 Å². The van der Waals surface area contributed by atoms with Crippen molar-refractivity contribution in [2.75, 3.05) is 0 Å². The third-order valence-electron chi connectivity index (χ3n) is 3.67. The minimum Gasteiger partial charge on any atom is -0.306 e. The average Bonchev–Trinajstić information content (AvgIpc) is 2.94. The second-order valence-electron chi connectivity index (χ2n) is 4.83. The number of fused-ring (bicyclic) bond motifs is 1. The zero-order valence-corrected chi connectivity index (χ0v) is 10.3. The Morgan fingerprint density at radius 2 is 1.88 bits per heavy atom. The van der Waals surface area contributed by atoms with Gasteiger partial charge >= 0.3 is 5.69 Å². The molecule has 1 unspecified atom stereocenters. The first kappa shape index (κ1) is 10.9. The van der Waals surface area contributed by atoms with E-state index < -0.39 is 0 Å². The fraction of sp³-hybridized carbons (Fsp3) is 0.462. The van der Waals surface area contributed by atoms with Crippen LogP contribution in [0.25, 0.3) is 11.0 Å². The fourth-order valence-corrected chi connectivity index (χ4v) is 3.13. The van der Waals surface area contributed by atoms with Crippen LogP contribution < -0.4 is 5.69 Å². The summed E-state index contributed by atoms with van der Waals surface area (Å²) in [5, 5.41) is 0.0697. The molecule has 0 radical (unpaired) electrons. The van der Waals surface area contributed by atoms with Crippen molar-refractivity contribution in [2.45, 2.75) is 31.1 Å². The predicted octanol–water partition coefficient (Wildman–Crippen LogP) is 3.33. The predicted molar refractivity (Wildman–Crippen MR) is 69.5 cm³/mol. The third kappa shape index (κ3) is 2.00. The number of hydrogen-bond acceptors (Lipinski definition) is 1. The number of alkyl halides is 1. The van der Waals surface area contributed by atoms with Gasteiger partial charge in [-0.1, -0.05) is 18.9 Å². The minimum absolute atomic E-state index is 0.0697. The summed E-state index contributed by atoms with van der Waals surface area (Å²) in [4.78, 5) is 16.7. The lowest BCUT2D eigenvalue weighted by molar-refractivity contribution is 0.529. The number of aromatic nitrogens is 2. The molecule has 1 aliphatic rings. The van der Waals surface area contributed by atoms with Crippen LogP contribution in [-0.2, 0) is 0 Å². The van der Waals surface area contributed by atoms with Crippen LogP contribution in [0.15, 0.2) is 23.0 Å². The molecule has 1 aliphatic carbocycles. The van der Waals surface area contributed by atoms with E-state index in [2.05, 4.69) is 9.97 Å². The molecule has 4 heteroatoms. The summed E-state index contributed by atoms with van der Waals surface area (Å²) >= 11 is 6.52. The smallest absolute Gasteiger partial charge is 0.306 e. The van der Waals surface area contributed by atoms with Crippen molar-refractivity contribution < 1.29 is 0 Å². The van der Waals surface area contributed by atoms with Crippen LogP contribution >= 0.6 is 11.6 Å². The van der Waals surface area contributed by atoms with E-state index in [1.165, 1.54) is 25.7 Å². The number of nitrogens with one attached hydrogen (secondary N) is 2. The molecule has 0 saturated heterocycles. The van der Waals surface area contributed by atoms with Crippen molar-refractivity contribution in [3.05, 3.63) is 34.2 Å². The first-order valence-corrected chi connectivity index (χ1v) is 6.54. The van der Waals surface area contributed by atoms with Crippen LogP contribution in [-0.4, -0.2) is 9.97 Å². The highest BCUT2D eigenvalue weighted by Gasteiger charge is 2.24. The van der Waals surface area contributed by atoms with Gasteiger partial charge in [-0.05, 0) is 36.5 Å². The molecule has 0 amide bonds. The number of imidazole rings is 1. The first-order chi connectivity index (χ1) is 8.24. The van der Waals surface area contributed by atoms with Crippen molar-refractivity contribution in [3.8, 4) is 0 Å². The number of hydrogen-bond donors (Lipinski definition) is 2. The SMILES string of the molecule is O=c1[nH]c2ccc(C(Cl)C3CCCC3)cc2[nH]1. The Morgan fingerprint density at radius 1 is 1.18 bits per heavy atom. The quantitative estimate of drug-likeness (QED) is 0.790. The van der Waals surface area contributed by atoms with Crippen LogP contribution in [0.2, 0.25) is 0 Å². The van der Waals surface area contributed by atoms with E-state index >= 15 is 0 Å². The number of benzene rings is 1. The van der Waals surface area contributed by atoms with Gasteiger partial charge in [0, 0.05) is 0 Å². The van der Waals surface area contributed by atoms with E-state index in [-0.39, 0.29) is 11.1 Å². The molecule has 1 saturated carbocycles. The highest BCUT2D eigenvalue weighted by Crippen LogP contribution is 2.40. The molecular weight excluding hydrogens is 236 g/mol. The van der Waals surface area contributed by atoms with Crippen molar-refractivity contribution in [1.82, 2.24) is 9.97 Å². The van der Waals surface area contributed by atoms with Gasteiger partial charge < -0.3 is 9.97 Å². The second kappa shape index (κ2) is 4.22. The highest BCUT2D eigenvalue weighted by atomic mass is 35.5. The zero-order chi connectivity index (χ0) is 11.8. The van der Waals surface area contributed by atoms with Gasteiger partial charge in [0.05, 0.1) is 16.4 Å². The van der Waals surface area contributed by atoms with E-state index in [0.717, 1.165) is 16.6 Å². The van der Waals surface area contributed by atoms with Crippen molar-refractivity contribution in [1.29, 1.82) is 0 Å². The van der Waals surface area contributed by atoms with E-state index in [1.807, 2.05) is 18.2 Å². The van der Waals surface area contributed by atoms with E-state index in [4.69, 9.17) is 11.6 Å². The van der Waals surface area contributed by atoms with Gasteiger partial charge in [0.1, 0.15) is 0 Å². The molecule has 2 N–H and O–H groups in total. The topological polar surface area (TPSA) is 48.6 Å². The van der Waals surface area contributed by atoms with Gasteiger partial charge in [-0.25, -0.2) is 4.79 Å². The van der Waals surface area contributed by atoms with Crippen molar-refractivity contribution in [3.63, 3.8) is 0 Å². The van der Waals surface area contributed by atoms with Crippen LogP contribution in [0.5, 0.6) is 0 Å². The minimum atomic E-state index is -0.163. The first-order valence-electron chi connectivity index (χ1n) is 6.10. The third-order valence-corrected chi connectivity index (χ3v) is 4.28. The Kier molecular flexibility index (Phi) is 2.71. The lowest BCUT2D eigenvalue weighted by Crippen LogP contribution is -2.03. The summed E-state index contributed by atoms with van der Waals surface area (Å²) in [6, 6.07) is 5.93. The van der Waals surface area contributed by atoms with Crippen LogP contribution in [0.3, 0.4) is 0 Å². The molecule has 1 fully saturated rings. The Balaban J connectivity index is 1.96. The maximum absolute atomic E-state index is 11.2. The van der Waals surface area contributed by atoms with Gasteiger partial charge in [-0.15, -0.1) is 11.6 Å². The summed E-state index contributed by atoms with van der Waals surface area (Å²) in [6.45, 7) is 0. The molecule has 3 nitrogen and oxygen atoms in total. The molecule has 0 bridgehead atoms.